The highest BCUT2D eigenvalue weighted by Gasteiger charge is 2.38. The standard InChI is InChI=1S/C28H14N6O6/c29-15-17-9-11-23(25(13-17)33(37)38)31-21-7-3-1-5-19(21)27(35)32(22-8-4-2-6-20(22)28(31)36)24-12-10-18(16-30)14-26(24)34(39)40/h1-14H. The maximum Gasteiger partial charge on any atom is 0.294 e. The van der Waals surface area contributed by atoms with Gasteiger partial charge in [-0.25, -0.2) is 0 Å². The Bertz CT molecular complexity index is 1720. The normalized spacial score (nSPS) is 12.3. The number of fused-ring (bicyclic) bond motifs is 2. The van der Waals surface area contributed by atoms with Crippen LogP contribution in [-0.2, 0) is 0 Å². The SMILES string of the molecule is N#Cc1ccc(N2C(=O)c3ccccc3N(c3ccc(C#N)cc3[N+](=O)[O-])C(=O)c3ccccc32)c([N+](=O)[O-])c1. The van der Waals surface area contributed by atoms with Gasteiger partial charge in [0.25, 0.3) is 23.2 Å². The van der Waals surface area contributed by atoms with Crippen molar-refractivity contribution in [2.75, 3.05) is 9.80 Å². The van der Waals surface area contributed by atoms with Crippen molar-refractivity contribution < 1.29 is 19.4 Å². The van der Waals surface area contributed by atoms with Crippen LogP contribution in [0.2, 0.25) is 0 Å². The highest BCUT2D eigenvalue weighted by atomic mass is 16.6. The van der Waals surface area contributed by atoms with E-state index < -0.39 is 33.0 Å². The largest absolute Gasteiger partial charge is 0.294 e. The minimum absolute atomic E-state index is 0.000921. The first kappa shape index (κ1) is 25.3. The van der Waals surface area contributed by atoms with Gasteiger partial charge in [0.2, 0.25) is 0 Å². The molecule has 2 amide bonds. The van der Waals surface area contributed by atoms with Gasteiger partial charge in [0.15, 0.2) is 0 Å². The molecule has 12 nitrogen and oxygen atoms in total. The summed E-state index contributed by atoms with van der Waals surface area (Å²) in [4.78, 5) is 53.0. The minimum atomic E-state index is -0.760. The van der Waals surface area contributed by atoms with Crippen LogP contribution in [0, 0.1) is 42.9 Å². The Labute approximate surface area is 225 Å². The van der Waals surface area contributed by atoms with Gasteiger partial charge < -0.3 is 0 Å². The molecule has 0 spiro atoms. The molecule has 0 aliphatic carbocycles. The number of hydrogen-bond acceptors (Lipinski definition) is 8. The predicted octanol–water partition coefficient (Wildman–Crippen LogP) is 5.52. The molecule has 0 aromatic heterocycles. The van der Waals surface area contributed by atoms with E-state index in [2.05, 4.69) is 0 Å². The highest BCUT2D eigenvalue weighted by molar-refractivity contribution is 6.25. The fourth-order valence-corrected chi connectivity index (χ4v) is 4.49. The summed E-state index contributed by atoms with van der Waals surface area (Å²) in [7, 11) is 0. The maximum absolute atomic E-state index is 14.2. The first-order chi connectivity index (χ1) is 19.3. The molecule has 192 valence electrons. The van der Waals surface area contributed by atoms with Crippen molar-refractivity contribution in [1.82, 2.24) is 0 Å². The third kappa shape index (κ3) is 4.04. The summed E-state index contributed by atoms with van der Waals surface area (Å²) in [5, 5.41) is 42.5. The van der Waals surface area contributed by atoms with Crippen LogP contribution in [0.4, 0.5) is 34.1 Å². The van der Waals surface area contributed by atoms with E-state index in [0.29, 0.717) is 0 Å². The fraction of sp³-hybridized carbons (Fsp3) is 0. The summed E-state index contributed by atoms with van der Waals surface area (Å²) in [5.41, 5.74) is -1.62. The average Bonchev–Trinajstić information content (AvgIpc) is 2.97. The Kier molecular flexibility index (Phi) is 6.20. The number of carbonyl (C=O) groups excluding carboxylic acids is 2. The molecule has 1 aliphatic heterocycles. The van der Waals surface area contributed by atoms with E-state index in [1.54, 1.807) is 0 Å². The van der Waals surface area contributed by atoms with Crippen LogP contribution >= 0.6 is 0 Å². The van der Waals surface area contributed by atoms with E-state index in [1.165, 1.54) is 72.8 Å². The molecule has 0 saturated heterocycles. The van der Waals surface area contributed by atoms with Crippen molar-refractivity contribution in [2.24, 2.45) is 0 Å². The molecule has 0 atom stereocenters. The van der Waals surface area contributed by atoms with Gasteiger partial charge in [-0.05, 0) is 48.5 Å². The molecule has 0 fully saturated rings. The number of amides is 2. The maximum atomic E-state index is 14.2. The second-order valence-corrected chi connectivity index (χ2v) is 8.46. The zero-order valence-corrected chi connectivity index (χ0v) is 20.2. The summed E-state index contributed by atoms with van der Waals surface area (Å²) in [6.07, 6.45) is 0. The van der Waals surface area contributed by atoms with Gasteiger partial charge in [0.1, 0.15) is 11.4 Å². The molecule has 4 aromatic rings. The molecular weight excluding hydrogens is 516 g/mol. The van der Waals surface area contributed by atoms with E-state index in [4.69, 9.17) is 0 Å². The smallest absolute Gasteiger partial charge is 0.269 e. The first-order valence-corrected chi connectivity index (χ1v) is 11.5. The van der Waals surface area contributed by atoms with E-state index in [0.717, 1.165) is 21.9 Å². The molecule has 12 heteroatoms. The van der Waals surface area contributed by atoms with Gasteiger partial charge >= 0.3 is 0 Å². The molecule has 1 heterocycles. The van der Waals surface area contributed by atoms with E-state index in [1.807, 2.05) is 12.1 Å². The Morgan fingerprint density at radius 2 is 0.950 bits per heavy atom. The molecule has 40 heavy (non-hydrogen) atoms. The number of para-hydroxylation sites is 2. The third-order valence-electron chi connectivity index (χ3n) is 6.24. The lowest BCUT2D eigenvalue weighted by atomic mass is 10.0. The number of hydrogen-bond donors (Lipinski definition) is 0. The van der Waals surface area contributed by atoms with E-state index in [9.17, 15) is 40.3 Å². The predicted molar refractivity (Wildman–Crippen MR) is 141 cm³/mol. The van der Waals surface area contributed by atoms with E-state index >= 15 is 0 Å². The summed E-state index contributed by atoms with van der Waals surface area (Å²) in [5.74, 6) is -1.52. The Hall–Kier alpha value is -6.40. The molecule has 1 aliphatic rings. The van der Waals surface area contributed by atoms with Crippen LogP contribution < -0.4 is 9.80 Å². The van der Waals surface area contributed by atoms with Crippen molar-refractivity contribution in [3.05, 3.63) is 127 Å². The zero-order valence-electron chi connectivity index (χ0n) is 20.2. The number of nitrogens with zero attached hydrogens (tertiary/aromatic N) is 6. The van der Waals surface area contributed by atoms with Gasteiger partial charge in [0.05, 0.1) is 55.6 Å². The lowest BCUT2D eigenvalue weighted by molar-refractivity contribution is -0.384. The number of nitro benzene ring substituents is 2. The van der Waals surface area contributed by atoms with Crippen molar-refractivity contribution in [3.63, 3.8) is 0 Å². The molecule has 0 N–H and O–H groups in total. The lowest BCUT2D eigenvalue weighted by Crippen LogP contribution is -2.36. The highest BCUT2D eigenvalue weighted by Crippen LogP contribution is 2.44. The molecule has 5 rings (SSSR count). The number of anilines is 4. The Morgan fingerprint density at radius 3 is 1.30 bits per heavy atom. The van der Waals surface area contributed by atoms with Gasteiger partial charge in [0, 0.05) is 12.1 Å². The Morgan fingerprint density at radius 1 is 0.575 bits per heavy atom. The number of nitro groups is 2. The second kappa shape index (κ2) is 9.81. The van der Waals surface area contributed by atoms with Gasteiger partial charge in [-0.1, -0.05) is 24.3 Å². The number of carbonyl (C=O) groups is 2. The monoisotopic (exact) mass is 530 g/mol. The average molecular weight is 530 g/mol. The summed E-state index contributed by atoms with van der Waals surface area (Å²) in [6, 6.07) is 22.6. The number of benzene rings is 4. The quantitative estimate of drug-likeness (QED) is 0.245. The van der Waals surface area contributed by atoms with Crippen LogP contribution in [0.1, 0.15) is 31.8 Å². The molecule has 0 radical (unpaired) electrons. The minimum Gasteiger partial charge on any atom is -0.269 e. The van der Waals surface area contributed by atoms with Crippen LogP contribution in [-0.4, -0.2) is 21.7 Å². The molecular formula is C28H14N6O6. The van der Waals surface area contributed by atoms with Crippen molar-refractivity contribution in [3.8, 4) is 12.1 Å². The topological polar surface area (TPSA) is 174 Å². The zero-order chi connectivity index (χ0) is 28.6. The van der Waals surface area contributed by atoms with Crippen LogP contribution in [0.15, 0.2) is 84.9 Å². The Balaban J connectivity index is 1.84. The van der Waals surface area contributed by atoms with Crippen LogP contribution in [0.5, 0.6) is 0 Å². The lowest BCUT2D eigenvalue weighted by Gasteiger charge is -2.32. The second-order valence-electron chi connectivity index (χ2n) is 8.46. The molecule has 0 unspecified atom stereocenters. The third-order valence-corrected chi connectivity index (χ3v) is 6.24. The van der Waals surface area contributed by atoms with Crippen molar-refractivity contribution in [1.29, 1.82) is 10.5 Å². The molecule has 0 bridgehead atoms. The van der Waals surface area contributed by atoms with Gasteiger partial charge in [-0.3, -0.25) is 39.6 Å². The number of nitriles is 2. The summed E-state index contributed by atoms with van der Waals surface area (Å²) < 4.78 is 0. The first-order valence-electron chi connectivity index (χ1n) is 11.5. The van der Waals surface area contributed by atoms with Gasteiger partial charge in [-0.15, -0.1) is 0 Å². The number of rotatable bonds is 4. The summed E-state index contributed by atoms with van der Waals surface area (Å²) >= 11 is 0. The van der Waals surface area contributed by atoms with Crippen molar-refractivity contribution in [2.45, 2.75) is 0 Å². The van der Waals surface area contributed by atoms with Crippen molar-refractivity contribution >= 4 is 45.9 Å². The fourth-order valence-electron chi connectivity index (χ4n) is 4.49. The summed E-state index contributed by atoms with van der Waals surface area (Å²) in [6.45, 7) is 0. The van der Waals surface area contributed by atoms with Gasteiger partial charge in [-0.2, -0.15) is 10.5 Å². The van der Waals surface area contributed by atoms with E-state index in [-0.39, 0.29) is 45.0 Å². The molecule has 0 saturated carbocycles. The molecule has 4 aromatic carbocycles. The van der Waals surface area contributed by atoms with Crippen LogP contribution in [0.3, 0.4) is 0 Å². The van der Waals surface area contributed by atoms with Crippen LogP contribution in [0.25, 0.3) is 0 Å².